The third-order valence-electron chi connectivity index (χ3n) is 15.5. The minimum atomic E-state index is -1.79. The Labute approximate surface area is 479 Å². The van der Waals surface area contributed by atoms with Gasteiger partial charge >= 0.3 is 0 Å². The van der Waals surface area contributed by atoms with Gasteiger partial charge in [0.25, 0.3) is 0 Å². The van der Waals surface area contributed by atoms with Crippen LogP contribution in [0.5, 0.6) is 0 Å². The summed E-state index contributed by atoms with van der Waals surface area (Å²) in [5, 5.41) is 87.3. The first-order valence-electron chi connectivity index (χ1n) is 32.0. The van der Waals surface area contributed by atoms with Crippen molar-refractivity contribution < 1.29 is 64.6 Å². The van der Waals surface area contributed by atoms with Crippen LogP contribution in [0.2, 0.25) is 0 Å². The second-order valence-electron chi connectivity index (χ2n) is 22.5. The molecule has 0 aromatic carbocycles. The van der Waals surface area contributed by atoms with E-state index in [4.69, 9.17) is 18.9 Å². The lowest BCUT2D eigenvalue weighted by Crippen LogP contribution is -2.65. The van der Waals surface area contributed by atoms with Crippen LogP contribution >= 0.6 is 0 Å². The Morgan fingerprint density at radius 2 is 0.873 bits per heavy atom. The third kappa shape index (κ3) is 35.4. The number of unbranched alkanes of at least 4 members (excludes halogenated alkanes) is 30. The summed E-state index contributed by atoms with van der Waals surface area (Å²) in [5.74, 6) is -0.244. The van der Waals surface area contributed by atoms with Crippen molar-refractivity contribution in [3.8, 4) is 0 Å². The van der Waals surface area contributed by atoms with Crippen LogP contribution in [-0.2, 0) is 23.7 Å². The third-order valence-corrected chi connectivity index (χ3v) is 15.5. The summed E-state index contributed by atoms with van der Waals surface area (Å²) in [4.78, 5) is 13.3. The zero-order chi connectivity index (χ0) is 57.4. The second-order valence-corrected chi connectivity index (χ2v) is 22.5. The van der Waals surface area contributed by atoms with Gasteiger partial charge < -0.3 is 65.1 Å². The van der Waals surface area contributed by atoms with Gasteiger partial charge in [-0.3, -0.25) is 4.79 Å². The molecular weight excluding hydrogens is 1000 g/mol. The second kappa shape index (κ2) is 50.2. The van der Waals surface area contributed by atoms with Crippen molar-refractivity contribution in [2.24, 2.45) is 0 Å². The number of ether oxygens (including phenoxy) is 4. The molecule has 0 bridgehead atoms. The Morgan fingerprint density at radius 3 is 1.34 bits per heavy atom. The van der Waals surface area contributed by atoms with Crippen molar-refractivity contribution in [2.75, 3.05) is 19.8 Å². The molecule has 460 valence electrons. The molecule has 12 unspecified atom stereocenters. The summed E-state index contributed by atoms with van der Waals surface area (Å²) in [6.45, 7) is 2.70. The van der Waals surface area contributed by atoms with Gasteiger partial charge in [-0.25, -0.2) is 0 Å². The first kappa shape index (κ1) is 72.8. The zero-order valence-corrected chi connectivity index (χ0v) is 49.6. The van der Waals surface area contributed by atoms with Crippen molar-refractivity contribution in [2.45, 2.75) is 325 Å². The smallest absolute Gasteiger partial charge is 0.220 e. The SMILES string of the molecule is CC/C=C\C/C=C\C/C=C\C/C=C\CCCCCCCCCCCCC(=O)NC(COC1OC(CO)C(OC2OC(CO)C(O)C(O)C2O)C(O)C1O)C(O)/C=C/CCCCCCCCCCCCCCCCCCCCCC. The molecule has 0 saturated carbocycles. The van der Waals surface area contributed by atoms with Gasteiger partial charge in [-0.2, -0.15) is 0 Å². The Bertz CT molecular complexity index is 1560. The highest BCUT2D eigenvalue weighted by Gasteiger charge is 2.51. The number of hydrogen-bond donors (Lipinski definition) is 9. The van der Waals surface area contributed by atoms with Crippen LogP contribution in [0.3, 0.4) is 0 Å². The first-order chi connectivity index (χ1) is 38.6. The van der Waals surface area contributed by atoms with Gasteiger partial charge in [0.1, 0.15) is 48.8 Å². The zero-order valence-electron chi connectivity index (χ0n) is 49.6. The van der Waals surface area contributed by atoms with Gasteiger partial charge in [-0.15, -0.1) is 0 Å². The van der Waals surface area contributed by atoms with Gasteiger partial charge in [-0.1, -0.05) is 248 Å². The number of amides is 1. The van der Waals surface area contributed by atoms with Crippen molar-refractivity contribution in [3.63, 3.8) is 0 Å². The standard InChI is InChI=1S/C65H117NO13/c1-3-5-7-9-11-13-15-17-19-21-23-25-27-29-31-33-35-37-39-41-43-45-47-49-57(70)66-53(52-76-64-62(75)60(73)63(56(51-68)78-64)79-65-61(74)59(72)58(71)55(50-67)77-65)54(69)48-46-44-42-40-38-36-34-32-30-28-26-24-22-20-18-16-14-12-10-8-6-4-2/h5,7,11,13,17,19,23,25,46,48,53-56,58-65,67-69,71-75H,3-4,6,8-10,12,14-16,18,20-22,24,26-45,47,49-52H2,1-2H3,(H,66,70)/b7-5-,13-11-,19-17-,25-23-,48-46+. The van der Waals surface area contributed by atoms with Crippen LogP contribution in [-0.4, -0.2) is 140 Å². The number of hydrogen-bond acceptors (Lipinski definition) is 13. The highest BCUT2D eigenvalue weighted by Crippen LogP contribution is 2.30. The Morgan fingerprint density at radius 1 is 0.468 bits per heavy atom. The van der Waals surface area contributed by atoms with E-state index in [0.717, 1.165) is 70.6 Å². The number of allylic oxidation sites excluding steroid dienone is 9. The predicted octanol–water partition coefficient (Wildman–Crippen LogP) is 11.7. The highest BCUT2D eigenvalue weighted by molar-refractivity contribution is 5.76. The van der Waals surface area contributed by atoms with Crippen LogP contribution in [0.1, 0.15) is 251 Å². The summed E-state index contributed by atoms with van der Waals surface area (Å²) in [7, 11) is 0. The monoisotopic (exact) mass is 1120 g/mol. The van der Waals surface area contributed by atoms with Crippen LogP contribution in [0.15, 0.2) is 60.8 Å². The fraction of sp³-hybridized carbons (Fsp3) is 0.831. The number of carbonyl (C=O) groups excluding carboxylic acids is 1. The van der Waals surface area contributed by atoms with Gasteiger partial charge in [0, 0.05) is 6.42 Å². The quantitative estimate of drug-likeness (QED) is 0.0204. The molecule has 2 heterocycles. The number of rotatable bonds is 51. The van der Waals surface area contributed by atoms with Crippen LogP contribution < -0.4 is 5.32 Å². The summed E-state index contributed by atoms with van der Waals surface area (Å²) in [6, 6.07) is -0.920. The molecule has 0 aromatic rings. The average molecular weight is 1120 g/mol. The molecule has 1 amide bonds. The molecule has 2 aliphatic rings. The van der Waals surface area contributed by atoms with E-state index in [0.29, 0.717) is 6.42 Å². The molecule has 0 radical (unpaired) electrons. The average Bonchev–Trinajstić information content (AvgIpc) is 3.47. The van der Waals surface area contributed by atoms with E-state index in [1.807, 2.05) is 6.08 Å². The van der Waals surface area contributed by atoms with Crippen LogP contribution in [0.4, 0.5) is 0 Å². The van der Waals surface area contributed by atoms with E-state index >= 15 is 0 Å². The van der Waals surface area contributed by atoms with Gasteiger partial charge in [-0.05, 0) is 57.8 Å². The van der Waals surface area contributed by atoms with Crippen molar-refractivity contribution in [1.82, 2.24) is 5.32 Å². The molecular formula is C65H117NO13. The van der Waals surface area contributed by atoms with E-state index in [9.17, 15) is 45.6 Å². The summed E-state index contributed by atoms with van der Waals surface area (Å²) in [6.07, 6.45) is 48.2. The fourth-order valence-corrected chi connectivity index (χ4v) is 10.3. The summed E-state index contributed by atoms with van der Waals surface area (Å²) in [5.41, 5.74) is 0. The maximum absolute atomic E-state index is 13.3. The largest absolute Gasteiger partial charge is 0.394 e. The molecule has 2 rings (SSSR count). The molecule has 14 heteroatoms. The maximum Gasteiger partial charge on any atom is 0.220 e. The van der Waals surface area contributed by atoms with E-state index < -0.39 is 86.8 Å². The molecule has 0 spiro atoms. The van der Waals surface area contributed by atoms with Crippen molar-refractivity contribution in [1.29, 1.82) is 0 Å². The Hall–Kier alpha value is -2.31. The summed E-state index contributed by atoms with van der Waals surface area (Å²) < 4.78 is 22.8. The molecule has 79 heavy (non-hydrogen) atoms. The van der Waals surface area contributed by atoms with E-state index in [2.05, 4.69) is 67.8 Å². The first-order valence-corrected chi connectivity index (χ1v) is 32.0. The summed E-state index contributed by atoms with van der Waals surface area (Å²) >= 11 is 0. The molecule has 14 nitrogen and oxygen atoms in total. The molecule has 12 atom stereocenters. The molecule has 2 aliphatic heterocycles. The number of aliphatic hydroxyl groups excluding tert-OH is 8. The maximum atomic E-state index is 13.3. The number of carbonyl (C=O) groups is 1. The highest BCUT2D eigenvalue weighted by atomic mass is 16.7. The molecule has 2 fully saturated rings. The van der Waals surface area contributed by atoms with Crippen LogP contribution in [0, 0.1) is 0 Å². The van der Waals surface area contributed by atoms with Crippen molar-refractivity contribution >= 4 is 5.91 Å². The lowest BCUT2D eigenvalue weighted by atomic mass is 9.97. The molecule has 0 aromatic heterocycles. The fourth-order valence-electron chi connectivity index (χ4n) is 10.3. The van der Waals surface area contributed by atoms with Gasteiger partial charge in [0.05, 0.1) is 32.0 Å². The molecule has 9 N–H and O–H groups in total. The van der Waals surface area contributed by atoms with Crippen molar-refractivity contribution in [3.05, 3.63) is 60.8 Å². The van der Waals surface area contributed by atoms with E-state index in [1.165, 1.54) is 154 Å². The minimum absolute atomic E-state index is 0.244. The van der Waals surface area contributed by atoms with E-state index in [-0.39, 0.29) is 18.9 Å². The lowest BCUT2D eigenvalue weighted by molar-refractivity contribution is -0.359. The van der Waals surface area contributed by atoms with Crippen LogP contribution in [0.25, 0.3) is 0 Å². The minimum Gasteiger partial charge on any atom is -0.394 e. The molecule has 2 saturated heterocycles. The van der Waals surface area contributed by atoms with Gasteiger partial charge in [0.2, 0.25) is 5.91 Å². The Kier molecular flexibility index (Phi) is 46.3. The number of nitrogens with one attached hydrogen (secondary N) is 1. The van der Waals surface area contributed by atoms with Gasteiger partial charge in [0.15, 0.2) is 12.6 Å². The topological polar surface area (TPSA) is 228 Å². The Balaban J connectivity index is 1.74. The molecule has 0 aliphatic carbocycles. The van der Waals surface area contributed by atoms with E-state index in [1.54, 1.807) is 6.08 Å². The predicted molar refractivity (Wildman–Crippen MR) is 318 cm³/mol. The number of aliphatic hydroxyl groups is 8. The normalized spacial score (nSPS) is 24.8. The lowest BCUT2D eigenvalue weighted by Gasteiger charge is -2.46.